The molecular formula is C11H15N3O. The quantitative estimate of drug-likeness (QED) is 0.828. The summed E-state index contributed by atoms with van der Waals surface area (Å²) in [6.07, 6.45) is 3.85. The summed E-state index contributed by atoms with van der Waals surface area (Å²) < 4.78 is 7.37. The van der Waals surface area contributed by atoms with Crippen LogP contribution in [-0.4, -0.2) is 9.78 Å². The van der Waals surface area contributed by atoms with E-state index in [9.17, 15) is 0 Å². The molecule has 4 heteroatoms. The molecule has 15 heavy (non-hydrogen) atoms. The van der Waals surface area contributed by atoms with Gasteiger partial charge in [-0.2, -0.15) is 5.10 Å². The molecular weight excluding hydrogens is 190 g/mol. The van der Waals surface area contributed by atoms with Crippen molar-refractivity contribution in [1.29, 1.82) is 0 Å². The minimum absolute atomic E-state index is 0.443. The molecule has 80 valence electrons. The van der Waals surface area contributed by atoms with Crippen LogP contribution in [0.25, 0.3) is 0 Å². The lowest BCUT2D eigenvalue weighted by Gasteiger charge is -1.98. The highest BCUT2D eigenvalue weighted by Crippen LogP contribution is 2.15. The molecule has 0 atom stereocenters. The summed E-state index contributed by atoms with van der Waals surface area (Å²) in [7, 11) is 0. The second kappa shape index (κ2) is 3.90. The van der Waals surface area contributed by atoms with E-state index in [1.807, 2.05) is 37.0 Å². The Kier molecular flexibility index (Phi) is 2.60. The first-order chi connectivity index (χ1) is 7.19. The van der Waals surface area contributed by atoms with Gasteiger partial charge in [-0.25, -0.2) is 0 Å². The zero-order valence-electron chi connectivity index (χ0n) is 9.03. The number of aromatic nitrogens is 2. The molecule has 0 aromatic carbocycles. The summed E-state index contributed by atoms with van der Waals surface area (Å²) in [5, 5.41) is 4.23. The Morgan fingerprint density at radius 1 is 1.47 bits per heavy atom. The summed E-state index contributed by atoms with van der Waals surface area (Å²) in [6, 6.07) is 1.99. The standard InChI is InChI=1S/C11H15N3O/c1-8-5-13-14(6-8)7-10-3-11(4-12)15-9(10)2/h3,5-6H,4,7,12H2,1-2H3. The van der Waals surface area contributed by atoms with E-state index in [1.54, 1.807) is 0 Å². The average molecular weight is 205 g/mol. The van der Waals surface area contributed by atoms with Crippen LogP contribution in [0.1, 0.15) is 22.6 Å². The summed E-state index contributed by atoms with van der Waals surface area (Å²) >= 11 is 0. The zero-order chi connectivity index (χ0) is 10.8. The Labute approximate surface area is 88.7 Å². The van der Waals surface area contributed by atoms with Gasteiger partial charge in [-0.1, -0.05) is 0 Å². The lowest BCUT2D eigenvalue weighted by atomic mass is 10.2. The van der Waals surface area contributed by atoms with E-state index in [0.717, 1.165) is 29.2 Å². The second-order valence-electron chi connectivity index (χ2n) is 3.71. The van der Waals surface area contributed by atoms with Gasteiger partial charge in [-0.3, -0.25) is 4.68 Å². The van der Waals surface area contributed by atoms with Crippen molar-refractivity contribution in [3.8, 4) is 0 Å². The molecule has 2 heterocycles. The third kappa shape index (κ3) is 2.10. The van der Waals surface area contributed by atoms with Crippen LogP contribution in [0.3, 0.4) is 0 Å². The smallest absolute Gasteiger partial charge is 0.118 e. The van der Waals surface area contributed by atoms with Crippen molar-refractivity contribution in [2.75, 3.05) is 0 Å². The van der Waals surface area contributed by atoms with Crippen LogP contribution >= 0.6 is 0 Å². The lowest BCUT2D eigenvalue weighted by molar-refractivity contribution is 0.481. The molecule has 0 aliphatic heterocycles. The van der Waals surface area contributed by atoms with Crippen molar-refractivity contribution >= 4 is 0 Å². The van der Waals surface area contributed by atoms with Crippen LogP contribution in [0.4, 0.5) is 0 Å². The number of furan rings is 1. The van der Waals surface area contributed by atoms with Crippen LogP contribution in [0.2, 0.25) is 0 Å². The predicted molar refractivity (Wildman–Crippen MR) is 57.4 cm³/mol. The van der Waals surface area contributed by atoms with E-state index in [4.69, 9.17) is 10.2 Å². The van der Waals surface area contributed by atoms with Crippen LogP contribution < -0.4 is 5.73 Å². The van der Waals surface area contributed by atoms with Crippen LogP contribution in [-0.2, 0) is 13.1 Å². The fraction of sp³-hybridized carbons (Fsp3) is 0.364. The Balaban J connectivity index is 2.20. The zero-order valence-corrected chi connectivity index (χ0v) is 9.03. The van der Waals surface area contributed by atoms with Gasteiger partial charge in [0.15, 0.2) is 0 Å². The summed E-state index contributed by atoms with van der Waals surface area (Å²) in [5.41, 5.74) is 7.81. The summed E-state index contributed by atoms with van der Waals surface area (Å²) in [4.78, 5) is 0. The van der Waals surface area contributed by atoms with Crippen LogP contribution in [0.15, 0.2) is 22.9 Å². The van der Waals surface area contributed by atoms with E-state index in [2.05, 4.69) is 5.10 Å². The lowest BCUT2D eigenvalue weighted by Crippen LogP contribution is -2.00. The molecule has 2 N–H and O–H groups in total. The van der Waals surface area contributed by atoms with Gasteiger partial charge in [0.1, 0.15) is 11.5 Å². The van der Waals surface area contributed by atoms with E-state index < -0.39 is 0 Å². The molecule has 0 spiro atoms. The van der Waals surface area contributed by atoms with Gasteiger partial charge in [0, 0.05) is 11.8 Å². The largest absolute Gasteiger partial charge is 0.465 e. The number of aryl methyl sites for hydroxylation is 2. The molecule has 2 aromatic rings. The van der Waals surface area contributed by atoms with E-state index >= 15 is 0 Å². The third-order valence-electron chi connectivity index (χ3n) is 2.37. The first kappa shape index (κ1) is 9.98. The summed E-state index contributed by atoms with van der Waals surface area (Å²) in [6.45, 7) is 5.16. The van der Waals surface area contributed by atoms with Crippen molar-refractivity contribution in [1.82, 2.24) is 9.78 Å². The molecule has 0 fully saturated rings. The predicted octanol–water partition coefficient (Wildman–Crippen LogP) is 1.60. The molecule has 0 bridgehead atoms. The highest BCUT2D eigenvalue weighted by Gasteiger charge is 2.07. The highest BCUT2D eigenvalue weighted by molar-refractivity contribution is 5.21. The maximum Gasteiger partial charge on any atom is 0.118 e. The van der Waals surface area contributed by atoms with Gasteiger partial charge in [0.2, 0.25) is 0 Å². The van der Waals surface area contributed by atoms with Crippen molar-refractivity contribution in [3.05, 3.63) is 41.1 Å². The SMILES string of the molecule is Cc1cnn(Cc2cc(CN)oc2C)c1. The van der Waals surface area contributed by atoms with E-state index in [1.165, 1.54) is 0 Å². The fourth-order valence-corrected chi connectivity index (χ4v) is 1.57. The molecule has 0 radical (unpaired) electrons. The summed E-state index contributed by atoms with van der Waals surface area (Å²) in [5.74, 6) is 1.75. The fourth-order valence-electron chi connectivity index (χ4n) is 1.57. The normalized spacial score (nSPS) is 10.9. The molecule has 2 rings (SSSR count). The Bertz CT molecular complexity index is 456. The maximum atomic E-state index is 5.51. The molecule has 0 amide bonds. The number of nitrogens with zero attached hydrogens (tertiary/aromatic N) is 2. The van der Waals surface area contributed by atoms with Gasteiger partial charge in [-0.05, 0) is 25.5 Å². The highest BCUT2D eigenvalue weighted by atomic mass is 16.3. The number of nitrogens with two attached hydrogens (primary N) is 1. The number of hydrogen-bond donors (Lipinski definition) is 1. The number of hydrogen-bond acceptors (Lipinski definition) is 3. The Morgan fingerprint density at radius 3 is 2.80 bits per heavy atom. The average Bonchev–Trinajstić information content (AvgIpc) is 2.75. The first-order valence-corrected chi connectivity index (χ1v) is 4.96. The molecule has 0 unspecified atom stereocenters. The minimum atomic E-state index is 0.443. The van der Waals surface area contributed by atoms with Crippen LogP contribution in [0.5, 0.6) is 0 Å². The maximum absolute atomic E-state index is 5.51. The van der Waals surface area contributed by atoms with E-state index in [0.29, 0.717) is 6.54 Å². The van der Waals surface area contributed by atoms with Crippen molar-refractivity contribution in [3.63, 3.8) is 0 Å². The molecule has 0 aliphatic carbocycles. The molecule has 0 saturated heterocycles. The van der Waals surface area contributed by atoms with Crippen LogP contribution in [0, 0.1) is 13.8 Å². The van der Waals surface area contributed by atoms with Gasteiger partial charge in [0.05, 0.1) is 19.3 Å². The molecule has 0 saturated carbocycles. The van der Waals surface area contributed by atoms with Crippen molar-refractivity contribution in [2.24, 2.45) is 5.73 Å². The topological polar surface area (TPSA) is 57.0 Å². The molecule has 4 nitrogen and oxygen atoms in total. The second-order valence-corrected chi connectivity index (χ2v) is 3.71. The van der Waals surface area contributed by atoms with Crippen molar-refractivity contribution in [2.45, 2.75) is 26.9 Å². The monoisotopic (exact) mass is 205 g/mol. The van der Waals surface area contributed by atoms with E-state index in [-0.39, 0.29) is 0 Å². The first-order valence-electron chi connectivity index (χ1n) is 4.96. The van der Waals surface area contributed by atoms with Gasteiger partial charge in [0.25, 0.3) is 0 Å². The van der Waals surface area contributed by atoms with Gasteiger partial charge >= 0.3 is 0 Å². The van der Waals surface area contributed by atoms with Crippen molar-refractivity contribution < 1.29 is 4.42 Å². The number of rotatable bonds is 3. The third-order valence-corrected chi connectivity index (χ3v) is 2.37. The minimum Gasteiger partial charge on any atom is -0.465 e. The molecule has 0 aliphatic rings. The Morgan fingerprint density at radius 2 is 2.27 bits per heavy atom. The Hall–Kier alpha value is -1.55. The molecule has 2 aromatic heterocycles. The van der Waals surface area contributed by atoms with Gasteiger partial charge in [-0.15, -0.1) is 0 Å². The van der Waals surface area contributed by atoms with Gasteiger partial charge < -0.3 is 10.2 Å².